The van der Waals surface area contributed by atoms with Crippen LogP contribution in [0.5, 0.6) is 0 Å². The zero-order chi connectivity index (χ0) is 22.5. The Labute approximate surface area is 190 Å². The highest BCUT2D eigenvalue weighted by atomic mass is 16.4. The second-order valence-corrected chi connectivity index (χ2v) is 8.69. The van der Waals surface area contributed by atoms with Crippen LogP contribution in [0, 0.1) is 6.92 Å². The zero-order valence-electron chi connectivity index (χ0n) is 18.7. The van der Waals surface area contributed by atoms with E-state index in [1.165, 1.54) is 5.56 Å². The average molecular weight is 441 g/mol. The molecule has 33 heavy (non-hydrogen) atoms. The molecule has 6 rings (SSSR count). The van der Waals surface area contributed by atoms with Gasteiger partial charge in [-0.3, -0.25) is 4.98 Å². The Hall–Kier alpha value is -4.01. The molecule has 0 saturated heterocycles. The minimum absolute atomic E-state index is 0.238. The van der Waals surface area contributed by atoms with Gasteiger partial charge < -0.3 is 14.3 Å². The number of anilines is 1. The quantitative estimate of drug-likeness (QED) is 0.449. The number of aromatic nitrogens is 7. The first-order chi connectivity index (χ1) is 16.1. The monoisotopic (exact) mass is 440 g/mol. The van der Waals surface area contributed by atoms with Gasteiger partial charge >= 0.3 is 6.01 Å². The minimum atomic E-state index is -0.238. The molecule has 1 aliphatic rings. The molecule has 0 aromatic carbocycles. The molecular formula is C24H24N8O. The van der Waals surface area contributed by atoms with Crippen LogP contribution in [-0.4, -0.2) is 41.3 Å². The van der Waals surface area contributed by atoms with E-state index in [1.807, 2.05) is 35.8 Å². The lowest BCUT2D eigenvalue weighted by molar-refractivity contribution is 0.502. The largest absolute Gasteiger partial charge is 0.402 e. The minimum Gasteiger partial charge on any atom is -0.402 e. The highest BCUT2D eigenvalue weighted by molar-refractivity contribution is 5.59. The van der Waals surface area contributed by atoms with Gasteiger partial charge in [-0.1, -0.05) is 31.1 Å². The van der Waals surface area contributed by atoms with Crippen LogP contribution in [0.1, 0.15) is 54.0 Å². The summed E-state index contributed by atoms with van der Waals surface area (Å²) in [7, 11) is 0. The second kappa shape index (κ2) is 7.54. The third kappa shape index (κ3) is 3.19. The SMILES string of the molecule is Cc1cccnc1-c1nnc(N2CCc3[nH]cnc3C2c2cc3c(C(C)C)cccn3n2)o1. The topological polar surface area (TPSA) is 101 Å². The van der Waals surface area contributed by atoms with Crippen LogP contribution in [-0.2, 0) is 6.42 Å². The third-order valence-corrected chi connectivity index (χ3v) is 6.25. The lowest BCUT2D eigenvalue weighted by atomic mass is 9.99. The van der Waals surface area contributed by atoms with Gasteiger partial charge in [0.25, 0.3) is 5.89 Å². The van der Waals surface area contributed by atoms with Crippen molar-refractivity contribution in [3.05, 3.63) is 77.3 Å². The van der Waals surface area contributed by atoms with Crippen LogP contribution >= 0.6 is 0 Å². The number of nitrogens with zero attached hydrogens (tertiary/aromatic N) is 7. The third-order valence-electron chi connectivity index (χ3n) is 6.25. The molecule has 0 fully saturated rings. The summed E-state index contributed by atoms with van der Waals surface area (Å²) >= 11 is 0. The van der Waals surface area contributed by atoms with Gasteiger partial charge in [0.05, 0.1) is 23.2 Å². The van der Waals surface area contributed by atoms with Crippen molar-refractivity contribution in [1.29, 1.82) is 0 Å². The molecule has 0 aliphatic carbocycles. The zero-order valence-corrected chi connectivity index (χ0v) is 18.7. The molecule has 5 aromatic rings. The first-order valence-electron chi connectivity index (χ1n) is 11.1. The molecule has 9 nitrogen and oxygen atoms in total. The summed E-state index contributed by atoms with van der Waals surface area (Å²) in [4.78, 5) is 14.4. The lowest BCUT2D eigenvalue weighted by Crippen LogP contribution is -2.36. The van der Waals surface area contributed by atoms with Crippen molar-refractivity contribution in [2.45, 2.75) is 39.2 Å². The van der Waals surface area contributed by atoms with Crippen molar-refractivity contribution in [2.24, 2.45) is 0 Å². The van der Waals surface area contributed by atoms with Crippen LogP contribution in [0.15, 0.2) is 53.5 Å². The van der Waals surface area contributed by atoms with E-state index in [0.717, 1.165) is 34.6 Å². The van der Waals surface area contributed by atoms with Crippen molar-refractivity contribution in [3.8, 4) is 11.6 Å². The maximum absolute atomic E-state index is 6.14. The number of hydrogen-bond acceptors (Lipinski definition) is 7. The van der Waals surface area contributed by atoms with Gasteiger partial charge in [-0.25, -0.2) is 9.50 Å². The van der Waals surface area contributed by atoms with Gasteiger partial charge in [0.2, 0.25) is 0 Å². The maximum Gasteiger partial charge on any atom is 0.319 e. The van der Waals surface area contributed by atoms with Gasteiger partial charge in [-0.05, 0) is 42.2 Å². The molecule has 6 heterocycles. The molecule has 166 valence electrons. The summed E-state index contributed by atoms with van der Waals surface area (Å²) in [5, 5.41) is 13.6. The fourth-order valence-electron chi connectivity index (χ4n) is 4.60. The Balaban J connectivity index is 1.46. The van der Waals surface area contributed by atoms with Gasteiger partial charge in [-0.15, -0.1) is 5.10 Å². The van der Waals surface area contributed by atoms with Gasteiger partial charge in [-0.2, -0.15) is 5.10 Å². The Morgan fingerprint density at radius 3 is 2.91 bits per heavy atom. The molecule has 9 heteroatoms. The van der Waals surface area contributed by atoms with Crippen LogP contribution in [0.2, 0.25) is 0 Å². The molecule has 1 atom stereocenters. The Kier molecular flexibility index (Phi) is 4.49. The van der Waals surface area contributed by atoms with E-state index in [1.54, 1.807) is 12.5 Å². The van der Waals surface area contributed by atoms with E-state index in [9.17, 15) is 0 Å². The number of aromatic amines is 1. The fourth-order valence-corrected chi connectivity index (χ4v) is 4.60. The van der Waals surface area contributed by atoms with Crippen molar-refractivity contribution in [1.82, 2.24) is 34.8 Å². The number of fused-ring (bicyclic) bond motifs is 2. The predicted molar refractivity (Wildman–Crippen MR) is 123 cm³/mol. The van der Waals surface area contributed by atoms with Gasteiger partial charge in [0.15, 0.2) is 0 Å². The van der Waals surface area contributed by atoms with Crippen LogP contribution in [0.4, 0.5) is 6.01 Å². The van der Waals surface area contributed by atoms with E-state index in [4.69, 9.17) is 9.52 Å². The van der Waals surface area contributed by atoms with Crippen LogP contribution < -0.4 is 4.90 Å². The molecule has 0 spiro atoms. The predicted octanol–water partition coefficient (Wildman–Crippen LogP) is 4.09. The summed E-state index contributed by atoms with van der Waals surface area (Å²) in [6.07, 6.45) is 6.26. The smallest absolute Gasteiger partial charge is 0.319 e. The van der Waals surface area contributed by atoms with Crippen LogP contribution in [0.25, 0.3) is 17.1 Å². The number of imidazole rings is 1. The lowest BCUT2D eigenvalue weighted by Gasteiger charge is -2.32. The Morgan fingerprint density at radius 1 is 1.15 bits per heavy atom. The molecule has 5 aromatic heterocycles. The van der Waals surface area contributed by atoms with E-state index < -0.39 is 0 Å². The van der Waals surface area contributed by atoms with E-state index in [-0.39, 0.29) is 6.04 Å². The molecule has 0 amide bonds. The molecule has 0 radical (unpaired) electrons. The highest BCUT2D eigenvalue weighted by Crippen LogP contribution is 2.37. The molecule has 1 unspecified atom stereocenters. The molecule has 0 saturated carbocycles. The Bertz CT molecular complexity index is 1450. The standard InChI is InChI=1S/C24H24N8O/c1-14(2)16-7-5-10-32-19(16)12-18(30-32)22-21-17(26-13-27-21)8-11-31(22)24-29-28-23(33-24)20-15(3)6-4-9-25-20/h4-7,9-10,12-14,22H,8,11H2,1-3H3,(H,26,27). The molecular weight excluding hydrogens is 416 g/mol. The molecule has 0 bridgehead atoms. The van der Waals surface area contributed by atoms with E-state index in [2.05, 4.69) is 56.0 Å². The summed E-state index contributed by atoms with van der Waals surface area (Å²) < 4.78 is 8.08. The number of hydrogen-bond donors (Lipinski definition) is 1. The number of aryl methyl sites for hydroxylation is 1. The summed E-state index contributed by atoms with van der Waals surface area (Å²) in [5.41, 5.74) is 6.97. The van der Waals surface area contributed by atoms with E-state index in [0.29, 0.717) is 30.1 Å². The number of H-pyrrole nitrogens is 1. The first-order valence-corrected chi connectivity index (χ1v) is 11.1. The normalized spacial score (nSPS) is 16.0. The summed E-state index contributed by atoms with van der Waals surface area (Å²) in [6, 6.07) is 10.4. The maximum atomic E-state index is 6.14. The second-order valence-electron chi connectivity index (χ2n) is 8.69. The first kappa shape index (κ1) is 19.7. The van der Waals surface area contributed by atoms with Crippen molar-refractivity contribution in [3.63, 3.8) is 0 Å². The van der Waals surface area contributed by atoms with Gasteiger partial charge in [0, 0.05) is 31.1 Å². The van der Waals surface area contributed by atoms with Crippen molar-refractivity contribution < 1.29 is 4.42 Å². The van der Waals surface area contributed by atoms with E-state index >= 15 is 0 Å². The number of nitrogens with one attached hydrogen (secondary N) is 1. The van der Waals surface area contributed by atoms with Crippen molar-refractivity contribution >= 4 is 11.5 Å². The summed E-state index contributed by atoms with van der Waals surface area (Å²) in [5.74, 6) is 0.800. The fraction of sp³-hybridized carbons (Fsp3) is 0.292. The highest BCUT2D eigenvalue weighted by Gasteiger charge is 2.36. The van der Waals surface area contributed by atoms with Gasteiger partial charge in [0.1, 0.15) is 11.7 Å². The van der Waals surface area contributed by atoms with Crippen LogP contribution in [0.3, 0.4) is 0 Å². The van der Waals surface area contributed by atoms with Crippen molar-refractivity contribution in [2.75, 3.05) is 11.4 Å². The number of rotatable bonds is 4. The molecule has 1 aliphatic heterocycles. The Morgan fingerprint density at radius 2 is 2.06 bits per heavy atom. The number of pyridine rings is 2. The average Bonchev–Trinajstić information content (AvgIpc) is 3.56. The summed E-state index contributed by atoms with van der Waals surface area (Å²) in [6.45, 7) is 7.07. The molecule has 1 N–H and O–H groups in total.